The Bertz CT molecular complexity index is 188. The Hall–Kier alpha value is 0.230. The molecule has 0 radical (unpaired) electrons. The fraction of sp³-hybridized carbons (Fsp3) is 1.00. The largest absolute Gasteiger partial charge is 0.395 e. The first-order chi connectivity index (χ1) is 7.69. The molecule has 3 nitrogen and oxygen atoms in total. The van der Waals surface area contributed by atoms with E-state index in [1.54, 1.807) is 11.8 Å². The number of thioether (sulfide) groups is 1. The minimum Gasteiger partial charge on any atom is -0.395 e. The molecule has 4 atom stereocenters. The van der Waals surface area contributed by atoms with Crippen molar-refractivity contribution in [2.75, 3.05) is 12.9 Å². The van der Waals surface area contributed by atoms with Gasteiger partial charge in [-0.05, 0) is 26.0 Å². The molecule has 0 saturated heterocycles. The van der Waals surface area contributed by atoms with E-state index in [9.17, 15) is 10.2 Å². The molecular weight excluding hydrogens is 222 g/mol. The van der Waals surface area contributed by atoms with Crippen molar-refractivity contribution in [2.24, 2.45) is 0 Å². The standard InChI is InChI=1S/C12H25NO2S/c1-9(12(8-14)16-2)13-10-6-4-3-5-7-11(10)15/h9-15H,3-8H2,1-2H3. The van der Waals surface area contributed by atoms with E-state index in [0.717, 1.165) is 19.3 Å². The van der Waals surface area contributed by atoms with Crippen molar-refractivity contribution in [3.63, 3.8) is 0 Å². The molecule has 4 heteroatoms. The Morgan fingerprint density at radius 3 is 2.62 bits per heavy atom. The molecule has 0 bridgehead atoms. The van der Waals surface area contributed by atoms with Crippen LogP contribution in [0.5, 0.6) is 0 Å². The molecular formula is C12H25NO2S. The molecule has 3 N–H and O–H groups in total. The third kappa shape index (κ3) is 4.24. The van der Waals surface area contributed by atoms with Crippen molar-refractivity contribution in [3.8, 4) is 0 Å². The Morgan fingerprint density at radius 1 is 1.31 bits per heavy atom. The minimum atomic E-state index is -0.217. The quantitative estimate of drug-likeness (QED) is 0.643. The van der Waals surface area contributed by atoms with Crippen LogP contribution in [0.2, 0.25) is 0 Å². The summed E-state index contributed by atoms with van der Waals surface area (Å²) in [6.07, 6.45) is 7.33. The average Bonchev–Trinajstić information content (AvgIpc) is 2.46. The van der Waals surface area contributed by atoms with Gasteiger partial charge >= 0.3 is 0 Å². The van der Waals surface area contributed by atoms with Gasteiger partial charge in [0, 0.05) is 17.3 Å². The number of aliphatic hydroxyl groups excluding tert-OH is 2. The van der Waals surface area contributed by atoms with Crippen LogP contribution in [0.4, 0.5) is 0 Å². The molecule has 0 heterocycles. The van der Waals surface area contributed by atoms with Crippen LogP contribution in [0.3, 0.4) is 0 Å². The van der Waals surface area contributed by atoms with Crippen LogP contribution >= 0.6 is 11.8 Å². The first kappa shape index (κ1) is 14.3. The Balaban J connectivity index is 2.43. The molecule has 16 heavy (non-hydrogen) atoms. The maximum absolute atomic E-state index is 9.99. The summed E-state index contributed by atoms with van der Waals surface area (Å²) in [5.74, 6) is 0. The van der Waals surface area contributed by atoms with Crippen molar-refractivity contribution >= 4 is 11.8 Å². The molecule has 1 saturated carbocycles. The number of aliphatic hydroxyl groups is 2. The highest BCUT2D eigenvalue weighted by atomic mass is 32.2. The molecule has 0 amide bonds. The lowest BCUT2D eigenvalue weighted by Crippen LogP contribution is -2.48. The molecule has 96 valence electrons. The number of hydrogen-bond donors (Lipinski definition) is 3. The van der Waals surface area contributed by atoms with Crippen LogP contribution in [-0.4, -0.2) is 46.5 Å². The summed E-state index contributed by atoms with van der Waals surface area (Å²) >= 11 is 1.68. The highest BCUT2D eigenvalue weighted by Gasteiger charge is 2.25. The molecule has 0 aromatic heterocycles. The summed E-state index contributed by atoms with van der Waals surface area (Å²) in [5.41, 5.74) is 0. The van der Waals surface area contributed by atoms with E-state index in [1.807, 2.05) is 6.26 Å². The lowest BCUT2D eigenvalue weighted by Gasteiger charge is -2.29. The van der Waals surface area contributed by atoms with Gasteiger partial charge in [0.2, 0.25) is 0 Å². The third-order valence-corrected chi connectivity index (χ3v) is 4.66. The maximum Gasteiger partial charge on any atom is 0.0693 e. The lowest BCUT2D eigenvalue weighted by atomic mass is 10.0. The van der Waals surface area contributed by atoms with Crippen LogP contribution in [0.15, 0.2) is 0 Å². The van der Waals surface area contributed by atoms with E-state index in [1.165, 1.54) is 12.8 Å². The molecule has 1 fully saturated rings. The second-order valence-corrected chi connectivity index (χ2v) is 5.80. The van der Waals surface area contributed by atoms with Gasteiger partial charge in [-0.3, -0.25) is 0 Å². The van der Waals surface area contributed by atoms with E-state index in [4.69, 9.17) is 0 Å². The van der Waals surface area contributed by atoms with E-state index >= 15 is 0 Å². The molecule has 1 aliphatic rings. The molecule has 1 rings (SSSR count). The van der Waals surface area contributed by atoms with Crippen LogP contribution in [0.25, 0.3) is 0 Å². The topological polar surface area (TPSA) is 52.5 Å². The smallest absolute Gasteiger partial charge is 0.0693 e. The van der Waals surface area contributed by atoms with Crippen molar-refractivity contribution in [1.29, 1.82) is 0 Å². The summed E-state index contributed by atoms with van der Waals surface area (Å²) in [6, 6.07) is 0.455. The molecule has 0 aromatic carbocycles. The Morgan fingerprint density at radius 2 is 2.00 bits per heavy atom. The normalized spacial score (nSPS) is 30.8. The minimum absolute atomic E-state index is 0.193. The van der Waals surface area contributed by atoms with Gasteiger partial charge in [0.15, 0.2) is 0 Å². The summed E-state index contributed by atoms with van der Waals surface area (Å²) in [6.45, 7) is 2.28. The predicted molar refractivity (Wildman–Crippen MR) is 69.9 cm³/mol. The van der Waals surface area contributed by atoms with Crippen LogP contribution in [-0.2, 0) is 0 Å². The monoisotopic (exact) mass is 247 g/mol. The van der Waals surface area contributed by atoms with Gasteiger partial charge in [-0.15, -0.1) is 0 Å². The highest BCUT2D eigenvalue weighted by Crippen LogP contribution is 2.20. The zero-order valence-corrected chi connectivity index (χ0v) is 11.2. The Kier molecular flexibility index (Phi) is 6.73. The van der Waals surface area contributed by atoms with Crippen LogP contribution in [0.1, 0.15) is 39.0 Å². The first-order valence-electron chi connectivity index (χ1n) is 6.26. The molecule has 1 aliphatic carbocycles. The van der Waals surface area contributed by atoms with Gasteiger partial charge < -0.3 is 15.5 Å². The SMILES string of the molecule is CSC(CO)C(C)NC1CCCCCC1O. The zero-order valence-electron chi connectivity index (χ0n) is 10.4. The summed E-state index contributed by atoms with van der Waals surface area (Å²) in [7, 11) is 0. The first-order valence-corrected chi connectivity index (χ1v) is 7.55. The van der Waals surface area contributed by atoms with E-state index in [-0.39, 0.29) is 30.0 Å². The molecule has 0 aliphatic heterocycles. The van der Waals surface area contributed by atoms with Crippen molar-refractivity contribution in [2.45, 2.75) is 62.5 Å². The second kappa shape index (κ2) is 7.54. The van der Waals surface area contributed by atoms with E-state index in [0.29, 0.717) is 0 Å². The average molecular weight is 247 g/mol. The summed E-state index contributed by atoms with van der Waals surface area (Å²) < 4.78 is 0. The third-order valence-electron chi connectivity index (χ3n) is 3.50. The second-order valence-electron chi connectivity index (χ2n) is 4.72. The number of hydrogen-bond acceptors (Lipinski definition) is 4. The van der Waals surface area contributed by atoms with Crippen LogP contribution in [0, 0.1) is 0 Å². The van der Waals surface area contributed by atoms with Gasteiger partial charge in [-0.2, -0.15) is 11.8 Å². The molecule has 0 spiro atoms. The number of rotatable bonds is 5. The highest BCUT2D eigenvalue weighted by molar-refractivity contribution is 7.99. The maximum atomic E-state index is 9.99. The van der Waals surface area contributed by atoms with Gasteiger partial charge in [-0.25, -0.2) is 0 Å². The van der Waals surface area contributed by atoms with E-state index < -0.39 is 0 Å². The summed E-state index contributed by atoms with van der Waals surface area (Å²) in [5, 5.41) is 22.9. The fourth-order valence-electron chi connectivity index (χ4n) is 2.36. The van der Waals surface area contributed by atoms with Gasteiger partial charge in [0.25, 0.3) is 0 Å². The number of nitrogens with one attached hydrogen (secondary N) is 1. The fourth-order valence-corrected chi connectivity index (χ4v) is 3.00. The zero-order chi connectivity index (χ0) is 12.0. The van der Waals surface area contributed by atoms with Gasteiger partial charge in [-0.1, -0.05) is 19.3 Å². The van der Waals surface area contributed by atoms with Crippen LogP contribution < -0.4 is 5.32 Å². The Labute approximate surface area is 103 Å². The molecule has 0 aromatic rings. The van der Waals surface area contributed by atoms with Crippen molar-refractivity contribution in [1.82, 2.24) is 5.32 Å². The van der Waals surface area contributed by atoms with Crippen molar-refractivity contribution < 1.29 is 10.2 Å². The summed E-state index contributed by atoms with van der Waals surface area (Å²) in [4.78, 5) is 0. The van der Waals surface area contributed by atoms with E-state index in [2.05, 4.69) is 12.2 Å². The predicted octanol–water partition coefficient (Wildman–Crippen LogP) is 1.38. The van der Waals surface area contributed by atoms with Gasteiger partial charge in [0.1, 0.15) is 0 Å². The van der Waals surface area contributed by atoms with Gasteiger partial charge in [0.05, 0.1) is 12.7 Å². The molecule has 4 unspecified atom stereocenters. The lowest BCUT2D eigenvalue weighted by molar-refractivity contribution is 0.112. The van der Waals surface area contributed by atoms with Crippen molar-refractivity contribution in [3.05, 3.63) is 0 Å².